The summed E-state index contributed by atoms with van der Waals surface area (Å²) in [5, 5.41) is 5.29. The highest BCUT2D eigenvalue weighted by molar-refractivity contribution is 5.92. The Hall–Kier alpha value is -1.77. The molecule has 1 fully saturated rings. The molecule has 0 bridgehead atoms. The van der Waals surface area contributed by atoms with Gasteiger partial charge in [-0.05, 0) is 31.5 Å². The van der Waals surface area contributed by atoms with Crippen LogP contribution in [0.5, 0.6) is 0 Å². The molecule has 2 rings (SSSR count). The molecule has 1 aliphatic heterocycles. The maximum atomic E-state index is 13.1. The van der Waals surface area contributed by atoms with Crippen molar-refractivity contribution in [1.29, 1.82) is 0 Å². The van der Waals surface area contributed by atoms with Crippen molar-refractivity contribution < 1.29 is 18.4 Å². The highest BCUT2D eigenvalue weighted by atomic mass is 35.5. The fraction of sp³-hybridized carbons (Fsp3) is 0.500. The third-order valence-corrected chi connectivity index (χ3v) is 3.89. The summed E-state index contributed by atoms with van der Waals surface area (Å²) >= 11 is 0. The maximum absolute atomic E-state index is 13.1. The zero-order chi connectivity index (χ0) is 17.5. The number of hydrogen-bond acceptors (Lipinski definition) is 4. The number of piperidine rings is 1. The predicted molar refractivity (Wildman–Crippen MR) is 93.5 cm³/mol. The van der Waals surface area contributed by atoms with Crippen LogP contribution in [0, 0.1) is 17.6 Å². The molecule has 1 heterocycles. The largest absolute Gasteiger partial charge is 0.355 e. The Kier molecular flexibility index (Phi) is 8.74. The zero-order valence-electron chi connectivity index (χ0n) is 13.8. The number of nitrogens with one attached hydrogen (secondary N) is 2. The van der Waals surface area contributed by atoms with Crippen LogP contribution in [0.3, 0.4) is 0 Å². The highest BCUT2D eigenvalue weighted by Gasteiger charge is 2.26. The average molecular weight is 377 g/mol. The lowest BCUT2D eigenvalue weighted by Gasteiger charge is -2.31. The van der Waals surface area contributed by atoms with E-state index in [1.54, 1.807) is 0 Å². The predicted octanol–water partition coefficient (Wildman–Crippen LogP) is 1.11. The molecule has 1 atom stereocenters. The highest BCUT2D eigenvalue weighted by Crippen LogP contribution is 2.17. The molecule has 1 aromatic rings. The molecule has 6 nitrogen and oxygen atoms in total. The van der Waals surface area contributed by atoms with E-state index in [0.717, 1.165) is 25.0 Å². The molecule has 0 radical (unpaired) electrons. The van der Waals surface area contributed by atoms with Crippen molar-refractivity contribution in [3.8, 4) is 0 Å². The second-order valence-electron chi connectivity index (χ2n) is 5.83. The number of nitrogens with two attached hydrogens (primary N) is 1. The lowest BCUT2D eigenvalue weighted by atomic mass is 9.97. The van der Waals surface area contributed by atoms with E-state index in [0.29, 0.717) is 26.2 Å². The van der Waals surface area contributed by atoms with Gasteiger partial charge in [0.1, 0.15) is 0 Å². The Morgan fingerprint density at radius 1 is 1.28 bits per heavy atom. The average Bonchev–Trinajstić information content (AvgIpc) is 2.56. The van der Waals surface area contributed by atoms with Gasteiger partial charge in [-0.2, -0.15) is 0 Å². The number of anilines is 1. The minimum absolute atomic E-state index is 0. The Balaban J connectivity index is 0.00000312. The zero-order valence-corrected chi connectivity index (χ0v) is 14.6. The van der Waals surface area contributed by atoms with E-state index in [1.165, 1.54) is 6.07 Å². The number of amides is 2. The van der Waals surface area contributed by atoms with Crippen LogP contribution in [-0.4, -0.2) is 49.4 Å². The third kappa shape index (κ3) is 6.56. The van der Waals surface area contributed by atoms with Crippen LogP contribution >= 0.6 is 12.4 Å². The summed E-state index contributed by atoms with van der Waals surface area (Å²) in [6.07, 6.45) is 1.59. The van der Waals surface area contributed by atoms with Gasteiger partial charge >= 0.3 is 0 Å². The molecule has 0 spiro atoms. The van der Waals surface area contributed by atoms with Crippen molar-refractivity contribution >= 4 is 29.9 Å². The first-order chi connectivity index (χ1) is 11.5. The second kappa shape index (κ2) is 10.3. The van der Waals surface area contributed by atoms with Gasteiger partial charge in [-0.3, -0.25) is 14.5 Å². The summed E-state index contributed by atoms with van der Waals surface area (Å²) in [4.78, 5) is 25.9. The SMILES string of the molecule is Cl.NCCNC(=O)C1CCCN(CC(=O)Nc2ccc(F)c(F)c2)C1. The van der Waals surface area contributed by atoms with Crippen molar-refractivity contribution in [1.82, 2.24) is 10.2 Å². The van der Waals surface area contributed by atoms with E-state index >= 15 is 0 Å². The summed E-state index contributed by atoms with van der Waals surface area (Å²) in [6, 6.07) is 3.20. The van der Waals surface area contributed by atoms with Gasteiger partial charge in [0, 0.05) is 31.4 Å². The number of halogens is 3. The molecule has 1 saturated heterocycles. The van der Waals surface area contributed by atoms with Gasteiger partial charge in [0.05, 0.1) is 12.5 Å². The molecule has 4 N–H and O–H groups in total. The van der Waals surface area contributed by atoms with Gasteiger partial charge in [0.15, 0.2) is 11.6 Å². The van der Waals surface area contributed by atoms with E-state index in [4.69, 9.17) is 5.73 Å². The summed E-state index contributed by atoms with van der Waals surface area (Å²) in [5.74, 6) is -2.52. The van der Waals surface area contributed by atoms with Crippen LogP contribution in [0.1, 0.15) is 12.8 Å². The smallest absolute Gasteiger partial charge is 0.238 e. The van der Waals surface area contributed by atoms with Gasteiger partial charge in [-0.15, -0.1) is 12.4 Å². The first-order valence-corrected chi connectivity index (χ1v) is 7.94. The van der Waals surface area contributed by atoms with E-state index < -0.39 is 11.6 Å². The minimum atomic E-state index is -1.01. The molecule has 1 aromatic carbocycles. The first kappa shape index (κ1) is 21.3. The van der Waals surface area contributed by atoms with Gasteiger partial charge in [0.25, 0.3) is 0 Å². The van der Waals surface area contributed by atoms with Crippen LogP contribution < -0.4 is 16.4 Å². The Morgan fingerprint density at radius 3 is 2.72 bits per heavy atom. The molecule has 0 saturated carbocycles. The van der Waals surface area contributed by atoms with Gasteiger partial charge in [-0.25, -0.2) is 8.78 Å². The molecule has 0 aromatic heterocycles. The van der Waals surface area contributed by atoms with Gasteiger partial charge in [0.2, 0.25) is 11.8 Å². The standard InChI is InChI=1S/C16H22F2N4O2.ClH/c17-13-4-3-12(8-14(13)18)21-15(23)10-22-7-1-2-11(9-22)16(24)20-6-5-19;/h3-4,8,11H,1-2,5-7,9-10,19H2,(H,20,24)(H,21,23);1H. The molecule has 9 heteroatoms. The van der Waals surface area contributed by atoms with Gasteiger partial charge in [-0.1, -0.05) is 0 Å². The van der Waals surface area contributed by atoms with E-state index in [2.05, 4.69) is 10.6 Å². The maximum Gasteiger partial charge on any atom is 0.238 e. The fourth-order valence-corrected chi connectivity index (χ4v) is 2.73. The van der Waals surface area contributed by atoms with Crippen molar-refractivity contribution in [2.45, 2.75) is 12.8 Å². The van der Waals surface area contributed by atoms with Crippen LogP contribution in [0.4, 0.5) is 14.5 Å². The van der Waals surface area contributed by atoms with E-state index in [-0.39, 0.29) is 42.4 Å². The summed E-state index contributed by atoms with van der Waals surface area (Å²) < 4.78 is 26.0. The van der Waals surface area contributed by atoms with Crippen LogP contribution in [0.2, 0.25) is 0 Å². The van der Waals surface area contributed by atoms with Crippen molar-refractivity contribution in [3.63, 3.8) is 0 Å². The molecule has 1 unspecified atom stereocenters. The number of hydrogen-bond donors (Lipinski definition) is 3. The summed E-state index contributed by atoms with van der Waals surface area (Å²) in [7, 11) is 0. The van der Waals surface area contributed by atoms with Crippen LogP contribution in [-0.2, 0) is 9.59 Å². The Morgan fingerprint density at radius 2 is 2.04 bits per heavy atom. The topological polar surface area (TPSA) is 87.5 Å². The number of likely N-dealkylation sites (tertiary alicyclic amines) is 1. The van der Waals surface area contributed by atoms with Crippen molar-refractivity contribution in [3.05, 3.63) is 29.8 Å². The molecular weight excluding hydrogens is 354 g/mol. The molecule has 140 valence electrons. The Bertz CT molecular complexity index is 603. The molecular formula is C16H23ClF2N4O2. The van der Waals surface area contributed by atoms with Crippen LogP contribution in [0.25, 0.3) is 0 Å². The lowest BCUT2D eigenvalue weighted by molar-refractivity contribution is -0.127. The number of carbonyl (C=O) groups excluding carboxylic acids is 2. The lowest BCUT2D eigenvalue weighted by Crippen LogP contribution is -2.46. The third-order valence-electron chi connectivity index (χ3n) is 3.89. The van der Waals surface area contributed by atoms with Crippen molar-refractivity contribution in [2.75, 3.05) is 38.0 Å². The fourth-order valence-electron chi connectivity index (χ4n) is 2.73. The first-order valence-electron chi connectivity index (χ1n) is 7.94. The summed E-state index contributed by atoms with van der Waals surface area (Å²) in [5.41, 5.74) is 5.57. The molecule has 0 aliphatic carbocycles. The number of rotatable bonds is 6. The summed E-state index contributed by atoms with van der Waals surface area (Å²) in [6.45, 7) is 2.12. The molecule has 2 amide bonds. The number of carbonyl (C=O) groups is 2. The van der Waals surface area contributed by atoms with E-state index in [1.807, 2.05) is 4.90 Å². The minimum Gasteiger partial charge on any atom is -0.355 e. The molecule has 25 heavy (non-hydrogen) atoms. The van der Waals surface area contributed by atoms with Crippen LogP contribution in [0.15, 0.2) is 18.2 Å². The van der Waals surface area contributed by atoms with E-state index in [9.17, 15) is 18.4 Å². The van der Waals surface area contributed by atoms with Crippen molar-refractivity contribution in [2.24, 2.45) is 11.7 Å². The normalized spacial score (nSPS) is 17.5. The Labute approximate surface area is 151 Å². The number of nitrogens with zero attached hydrogens (tertiary/aromatic N) is 1. The quantitative estimate of drug-likeness (QED) is 0.694. The monoisotopic (exact) mass is 376 g/mol. The second-order valence-corrected chi connectivity index (χ2v) is 5.83. The molecule has 1 aliphatic rings. The number of benzene rings is 1. The van der Waals surface area contributed by atoms with Gasteiger partial charge < -0.3 is 16.4 Å².